The van der Waals surface area contributed by atoms with Gasteiger partial charge < -0.3 is 10.2 Å². The van der Waals surface area contributed by atoms with Crippen LogP contribution in [0.4, 0.5) is 5.82 Å². The maximum Gasteiger partial charge on any atom is 0.168 e. The lowest BCUT2D eigenvalue weighted by Gasteiger charge is -2.25. The fourth-order valence-electron chi connectivity index (χ4n) is 3.28. The van der Waals surface area contributed by atoms with E-state index in [-0.39, 0.29) is 0 Å². The molecule has 6 heteroatoms. The quantitative estimate of drug-likeness (QED) is 0.539. The standard InChI is InChI=1S/C22H24N6/c1-27(2)19(13-17-9-5-3-6-10-17)14-23-21-20-15-26-28(22(20)25-16-24-21)18-11-7-4-8-12-18/h3-12,15-16,19H,13-14H2,1-2H3,(H,23,24,25). The minimum Gasteiger partial charge on any atom is -0.368 e. The van der Waals surface area contributed by atoms with E-state index in [1.807, 2.05) is 41.2 Å². The Morgan fingerprint density at radius 2 is 1.68 bits per heavy atom. The van der Waals surface area contributed by atoms with Crippen LogP contribution in [-0.2, 0) is 6.42 Å². The van der Waals surface area contributed by atoms with E-state index in [0.29, 0.717) is 6.04 Å². The molecule has 1 N–H and O–H groups in total. The number of benzene rings is 2. The SMILES string of the molecule is CN(C)C(CNc1ncnc2c1cnn2-c1ccccc1)Cc1ccccc1. The van der Waals surface area contributed by atoms with Gasteiger partial charge in [-0.3, -0.25) is 0 Å². The highest BCUT2D eigenvalue weighted by molar-refractivity contribution is 5.87. The monoisotopic (exact) mass is 372 g/mol. The van der Waals surface area contributed by atoms with Crippen molar-refractivity contribution in [3.63, 3.8) is 0 Å². The molecule has 142 valence electrons. The minimum absolute atomic E-state index is 0.344. The van der Waals surface area contributed by atoms with E-state index in [1.54, 1.807) is 6.33 Å². The van der Waals surface area contributed by atoms with Gasteiger partial charge >= 0.3 is 0 Å². The molecule has 1 atom stereocenters. The van der Waals surface area contributed by atoms with E-state index in [9.17, 15) is 0 Å². The van der Waals surface area contributed by atoms with Crippen LogP contribution in [-0.4, -0.2) is 51.3 Å². The van der Waals surface area contributed by atoms with Crippen molar-refractivity contribution in [2.24, 2.45) is 0 Å². The van der Waals surface area contributed by atoms with Gasteiger partial charge in [0.25, 0.3) is 0 Å². The molecule has 0 spiro atoms. The zero-order valence-electron chi connectivity index (χ0n) is 16.2. The third-order valence-electron chi connectivity index (χ3n) is 4.92. The molecular formula is C22H24N6. The summed E-state index contributed by atoms with van der Waals surface area (Å²) in [7, 11) is 4.22. The molecule has 0 saturated carbocycles. The lowest BCUT2D eigenvalue weighted by molar-refractivity contribution is 0.303. The summed E-state index contributed by atoms with van der Waals surface area (Å²) in [6.45, 7) is 0.782. The molecule has 4 aromatic rings. The fourth-order valence-corrected chi connectivity index (χ4v) is 3.28. The van der Waals surface area contributed by atoms with Gasteiger partial charge in [-0.25, -0.2) is 14.6 Å². The summed E-state index contributed by atoms with van der Waals surface area (Å²) in [5.74, 6) is 0.812. The van der Waals surface area contributed by atoms with Gasteiger partial charge in [0.2, 0.25) is 0 Å². The highest BCUT2D eigenvalue weighted by Crippen LogP contribution is 2.21. The average molecular weight is 372 g/mol. The van der Waals surface area contributed by atoms with E-state index in [1.165, 1.54) is 5.56 Å². The molecule has 0 aliphatic rings. The number of aromatic nitrogens is 4. The summed E-state index contributed by atoms with van der Waals surface area (Å²) >= 11 is 0. The Labute approximate surface area is 164 Å². The van der Waals surface area contributed by atoms with Crippen LogP contribution in [0, 0.1) is 0 Å². The van der Waals surface area contributed by atoms with Gasteiger partial charge in [-0.05, 0) is 38.2 Å². The van der Waals surface area contributed by atoms with Crippen LogP contribution in [0.5, 0.6) is 0 Å². The predicted octanol–water partition coefficient (Wildman–Crippen LogP) is 3.40. The van der Waals surface area contributed by atoms with Crippen molar-refractivity contribution in [2.75, 3.05) is 26.0 Å². The Bertz CT molecular complexity index is 1030. The van der Waals surface area contributed by atoms with Gasteiger partial charge in [-0.15, -0.1) is 0 Å². The topological polar surface area (TPSA) is 58.9 Å². The van der Waals surface area contributed by atoms with Gasteiger partial charge in [-0.1, -0.05) is 48.5 Å². The number of rotatable bonds is 7. The van der Waals surface area contributed by atoms with Gasteiger partial charge in [-0.2, -0.15) is 5.10 Å². The van der Waals surface area contributed by atoms with Crippen molar-refractivity contribution in [3.8, 4) is 5.69 Å². The van der Waals surface area contributed by atoms with Crippen LogP contribution in [0.3, 0.4) is 0 Å². The molecule has 2 aromatic carbocycles. The van der Waals surface area contributed by atoms with Gasteiger partial charge in [0, 0.05) is 12.6 Å². The first kappa shape index (κ1) is 18.1. The lowest BCUT2D eigenvalue weighted by Crippen LogP contribution is -2.36. The van der Waals surface area contributed by atoms with Crippen molar-refractivity contribution >= 4 is 16.9 Å². The molecule has 0 fully saturated rings. The number of likely N-dealkylation sites (N-methyl/N-ethyl adjacent to an activating group) is 1. The number of fused-ring (bicyclic) bond motifs is 1. The smallest absolute Gasteiger partial charge is 0.168 e. The number of nitrogens with one attached hydrogen (secondary N) is 1. The van der Waals surface area contributed by atoms with E-state index >= 15 is 0 Å². The summed E-state index contributed by atoms with van der Waals surface area (Å²) in [5.41, 5.74) is 3.11. The molecule has 2 aromatic heterocycles. The number of hydrogen-bond donors (Lipinski definition) is 1. The number of anilines is 1. The summed E-state index contributed by atoms with van der Waals surface area (Å²) < 4.78 is 1.84. The number of hydrogen-bond acceptors (Lipinski definition) is 5. The molecule has 6 nitrogen and oxygen atoms in total. The maximum atomic E-state index is 4.52. The summed E-state index contributed by atoms with van der Waals surface area (Å²) in [6, 6.07) is 20.9. The van der Waals surface area contributed by atoms with Crippen LogP contribution >= 0.6 is 0 Å². The Morgan fingerprint density at radius 3 is 2.39 bits per heavy atom. The first-order chi connectivity index (χ1) is 13.7. The molecule has 1 unspecified atom stereocenters. The van der Waals surface area contributed by atoms with Gasteiger partial charge in [0.15, 0.2) is 5.65 Å². The molecule has 0 aliphatic heterocycles. The molecule has 0 radical (unpaired) electrons. The summed E-state index contributed by atoms with van der Waals surface area (Å²) in [6.07, 6.45) is 4.39. The van der Waals surface area contributed by atoms with E-state index in [2.05, 4.69) is 69.7 Å². The van der Waals surface area contributed by atoms with Crippen molar-refractivity contribution in [1.29, 1.82) is 0 Å². The molecule has 0 amide bonds. The minimum atomic E-state index is 0.344. The third kappa shape index (κ3) is 3.87. The lowest BCUT2D eigenvalue weighted by atomic mass is 10.1. The molecule has 0 bridgehead atoms. The Morgan fingerprint density at radius 1 is 0.964 bits per heavy atom. The van der Waals surface area contributed by atoms with Crippen LogP contribution in [0.1, 0.15) is 5.56 Å². The highest BCUT2D eigenvalue weighted by atomic mass is 15.3. The molecule has 28 heavy (non-hydrogen) atoms. The highest BCUT2D eigenvalue weighted by Gasteiger charge is 2.15. The second-order valence-electron chi connectivity index (χ2n) is 7.04. The van der Waals surface area contributed by atoms with E-state index in [4.69, 9.17) is 0 Å². The molecular weight excluding hydrogens is 348 g/mol. The van der Waals surface area contributed by atoms with E-state index < -0.39 is 0 Å². The van der Waals surface area contributed by atoms with Crippen LogP contribution in [0.15, 0.2) is 73.2 Å². The first-order valence-corrected chi connectivity index (χ1v) is 9.41. The van der Waals surface area contributed by atoms with Crippen molar-refractivity contribution in [2.45, 2.75) is 12.5 Å². The van der Waals surface area contributed by atoms with Crippen LogP contribution < -0.4 is 5.32 Å². The Kier molecular flexibility index (Phi) is 5.30. The van der Waals surface area contributed by atoms with Crippen LogP contribution in [0.2, 0.25) is 0 Å². The second-order valence-corrected chi connectivity index (χ2v) is 7.04. The molecule has 2 heterocycles. The Balaban J connectivity index is 1.55. The largest absolute Gasteiger partial charge is 0.368 e. The fraction of sp³-hybridized carbons (Fsp3) is 0.227. The second kappa shape index (κ2) is 8.19. The van der Waals surface area contributed by atoms with Crippen molar-refractivity contribution in [3.05, 3.63) is 78.8 Å². The van der Waals surface area contributed by atoms with E-state index in [0.717, 1.165) is 35.5 Å². The normalized spacial score (nSPS) is 12.4. The maximum absolute atomic E-state index is 4.52. The van der Waals surface area contributed by atoms with Gasteiger partial charge in [0.05, 0.1) is 17.3 Å². The van der Waals surface area contributed by atoms with Crippen LogP contribution in [0.25, 0.3) is 16.7 Å². The van der Waals surface area contributed by atoms with Crippen molar-refractivity contribution in [1.82, 2.24) is 24.6 Å². The predicted molar refractivity (Wildman–Crippen MR) is 113 cm³/mol. The average Bonchev–Trinajstić information content (AvgIpc) is 3.17. The molecule has 4 rings (SSSR count). The number of nitrogens with zero attached hydrogens (tertiary/aromatic N) is 5. The number of para-hydroxylation sites is 1. The zero-order chi connectivity index (χ0) is 19.3. The molecule has 0 saturated heterocycles. The Hall–Kier alpha value is -3.25. The summed E-state index contributed by atoms with van der Waals surface area (Å²) in [4.78, 5) is 11.1. The van der Waals surface area contributed by atoms with Crippen molar-refractivity contribution < 1.29 is 0 Å². The zero-order valence-corrected chi connectivity index (χ0v) is 16.2. The summed E-state index contributed by atoms with van der Waals surface area (Å²) in [5, 5.41) is 8.95. The molecule has 0 aliphatic carbocycles. The van der Waals surface area contributed by atoms with Gasteiger partial charge in [0.1, 0.15) is 12.1 Å². The first-order valence-electron chi connectivity index (χ1n) is 9.41. The third-order valence-corrected chi connectivity index (χ3v) is 4.92.